The minimum atomic E-state index is -0.452. The van der Waals surface area contributed by atoms with Crippen molar-refractivity contribution in [3.63, 3.8) is 0 Å². The summed E-state index contributed by atoms with van der Waals surface area (Å²) in [5.41, 5.74) is 0.912. The molecule has 8 heteroatoms. The molecule has 2 aromatic heterocycles. The lowest BCUT2D eigenvalue weighted by molar-refractivity contribution is -0.384. The number of rotatable bonds is 6. The predicted octanol–water partition coefficient (Wildman–Crippen LogP) is 2.43. The molecule has 1 unspecified atom stereocenters. The fourth-order valence-electron chi connectivity index (χ4n) is 2.25. The van der Waals surface area contributed by atoms with Crippen molar-refractivity contribution in [1.82, 2.24) is 19.7 Å². The molecule has 0 spiro atoms. The van der Waals surface area contributed by atoms with E-state index in [0.29, 0.717) is 6.54 Å². The van der Waals surface area contributed by atoms with Crippen LogP contribution in [0.5, 0.6) is 0 Å². The van der Waals surface area contributed by atoms with Crippen molar-refractivity contribution in [1.29, 1.82) is 0 Å². The number of aromatic nitrogens is 4. The van der Waals surface area contributed by atoms with Gasteiger partial charge in [0.15, 0.2) is 0 Å². The first-order valence-corrected chi connectivity index (χ1v) is 6.97. The Morgan fingerprint density at radius 2 is 2.04 bits per heavy atom. The lowest BCUT2D eigenvalue weighted by atomic mass is 10.1. The van der Waals surface area contributed by atoms with Gasteiger partial charge in [0.2, 0.25) is 5.82 Å². The van der Waals surface area contributed by atoms with E-state index >= 15 is 0 Å². The van der Waals surface area contributed by atoms with E-state index in [-0.39, 0.29) is 17.5 Å². The molecule has 23 heavy (non-hydrogen) atoms. The molecule has 3 rings (SSSR count). The number of hydrogen-bond acceptors (Lipinski definition) is 6. The zero-order valence-electron chi connectivity index (χ0n) is 12.1. The van der Waals surface area contributed by atoms with Gasteiger partial charge in [0.05, 0.1) is 17.5 Å². The number of nitro groups is 1. The van der Waals surface area contributed by atoms with Crippen molar-refractivity contribution in [2.75, 3.05) is 5.32 Å². The SMILES string of the molecule is O=[N+]([O-])c1cccnc1NC(Cn1cncn1)c1ccccc1. The molecule has 3 aromatic rings. The molecule has 0 bridgehead atoms. The third-order valence-electron chi connectivity index (χ3n) is 3.33. The van der Waals surface area contributed by atoms with E-state index in [1.807, 2.05) is 30.3 Å². The van der Waals surface area contributed by atoms with Crippen LogP contribution in [0, 0.1) is 10.1 Å². The van der Waals surface area contributed by atoms with Gasteiger partial charge < -0.3 is 5.32 Å². The highest BCUT2D eigenvalue weighted by Crippen LogP contribution is 2.26. The van der Waals surface area contributed by atoms with E-state index < -0.39 is 4.92 Å². The Labute approximate surface area is 132 Å². The lowest BCUT2D eigenvalue weighted by Gasteiger charge is -2.19. The normalized spacial score (nSPS) is 11.8. The molecule has 0 fully saturated rings. The number of pyridine rings is 1. The van der Waals surface area contributed by atoms with Crippen molar-refractivity contribution < 1.29 is 4.92 Å². The minimum absolute atomic E-state index is 0.0629. The third-order valence-corrected chi connectivity index (χ3v) is 3.33. The molecule has 116 valence electrons. The Bertz CT molecular complexity index is 776. The highest BCUT2D eigenvalue weighted by atomic mass is 16.6. The molecule has 1 aromatic carbocycles. The van der Waals surface area contributed by atoms with Crippen LogP contribution in [0.15, 0.2) is 61.3 Å². The molecule has 0 saturated carbocycles. The molecule has 0 aliphatic carbocycles. The molecular formula is C15H14N6O2. The van der Waals surface area contributed by atoms with Gasteiger partial charge in [-0.05, 0) is 11.6 Å². The number of benzene rings is 1. The molecule has 0 aliphatic rings. The largest absolute Gasteiger partial charge is 0.356 e. The summed E-state index contributed by atoms with van der Waals surface area (Å²) < 4.78 is 1.67. The topological polar surface area (TPSA) is 98.8 Å². The second-order valence-electron chi connectivity index (χ2n) is 4.85. The van der Waals surface area contributed by atoms with Crippen LogP contribution in [-0.4, -0.2) is 24.7 Å². The Balaban J connectivity index is 1.91. The molecule has 0 aliphatic heterocycles. The highest BCUT2D eigenvalue weighted by molar-refractivity contribution is 5.56. The molecular weight excluding hydrogens is 296 g/mol. The minimum Gasteiger partial charge on any atom is -0.356 e. The maximum atomic E-state index is 11.2. The van der Waals surface area contributed by atoms with E-state index in [1.165, 1.54) is 24.7 Å². The number of nitrogens with one attached hydrogen (secondary N) is 1. The zero-order chi connectivity index (χ0) is 16.1. The van der Waals surface area contributed by atoms with Crippen molar-refractivity contribution in [2.24, 2.45) is 0 Å². The van der Waals surface area contributed by atoms with Crippen molar-refractivity contribution in [3.8, 4) is 0 Å². The number of anilines is 1. The van der Waals surface area contributed by atoms with Gasteiger partial charge in [-0.25, -0.2) is 9.97 Å². The van der Waals surface area contributed by atoms with Gasteiger partial charge in [0, 0.05) is 12.3 Å². The lowest BCUT2D eigenvalue weighted by Crippen LogP contribution is -2.19. The molecule has 0 radical (unpaired) electrons. The van der Waals surface area contributed by atoms with Crippen LogP contribution in [-0.2, 0) is 6.54 Å². The molecule has 8 nitrogen and oxygen atoms in total. The Morgan fingerprint density at radius 1 is 1.22 bits per heavy atom. The van der Waals surface area contributed by atoms with Crippen LogP contribution in [0.2, 0.25) is 0 Å². The first-order chi connectivity index (χ1) is 11.2. The van der Waals surface area contributed by atoms with Crippen LogP contribution in [0.3, 0.4) is 0 Å². The summed E-state index contributed by atoms with van der Waals surface area (Å²) in [5, 5.41) is 18.4. The fraction of sp³-hybridized carbons (Fsp3) is 0.133. The van der Waals surface area contributed by atoms with Crippen molar-refractivity contribution in [3.05, 3.63) is 77.0 Å². The summed E-state index contributed by atoms with van der Waals surface area (Å²) in [6, 6.07) is 12.4. The summed E-state index contributed by atoms with van der Waals surface area (Å²) in [5.74, 6) is 0.228. The summed E-state index contributed by atoms with van der Waals surface area (Å²) in [6.45, 7) is 0.470. The standard InChI is InChI=1S/C15H14N6O2/c22-21(23)14-7-4-8-17-15(14)19-13(9-20-11-16-10-18-20)12-5-2-1-3-6-12/h1-8,10-11,13H,9H2,(H,17,19). The van der Waals surface area contributed by atoms with Crippen molar-refractivity contribution >= 4 is 11.5 Å². The summed E-state index contributed by atoms with van der Waals surface area (Å²) in [4.78, 5) is 18.7. The quantitative estimate of drug-likeness (QED) is 0.554. The van der Waals surface area contributed by atoms with Crippen LogP contribution in [0.1, 0.15) is 11.6 Å². The van der Waals surface area contributed by atoms with E-state index in [0.717, 1.165) is 5.56 Å². The van der Waals surface area contributed by atoms with E-state index in [4.69, 9.17) is 0 Å². The van der Waals surface area contributed by atoms with Crippen molar-refractivity contribution in [2.45, 2.75) is 12.6 Å². The van der Waals surface area contributed by atoms with Crippen LogP contribution in [0.4, 0.5) is 11.5 Å². The van der Waals surface area contributed by atoms with Gasteiger partial charge in [-0.3, -0.25) is 14.8 Å². The average Bonchev–Trinajstić information content (AvgIpc) is 3.08. The maximum Gasteiger partial charge on any atom is 0.311 e. The van der Waals surface area contributed by atoms with Gasteiger partial charge >= 0.3 is 5.69 Å². The second kappa shape index (κ2) is 6.65. The number of nitrogens with zero attached hydrogens (tertiary/aromatic N) is 5. The maximum absolute atomic E-state index is 11.2. The van der Waals surface area contributed by atoms with E-state index in [1.54, 1.807) is 11.0 Å². The average molecular weight is 310 g/mol. The number of hydrogen-bond donors (Lipinski definition) is 1. The first kappa shape index (κ1) is 14.6. The monoisotopic (exact) mass is 310 g/mol. The van der Waals surface area contributed by atoms with Gasteiger partial charge in [-0.15, -0.1) is 0 Å². The van der Waals surface area contributed by atoms with Crippen LogP contribution >= 0.6 is 0 Å². The highest BCUT2D eigenvalue weighted by Gasteiger charge is 2.19. The Morgan fingerprint density at radius 3 is 2.74 bits per heavy atom. The zero-order valence-corrected chi connectivity index (χ0v) is 12.1. The molecule has 0 amide bonds. The fourth-order valence-corrected chi connectivity index (χ4v) is 2.25. The van der Waals surface area contributed by atoms with Crippen LogP contribution in [0.25, 0.3) is 0 Å². The van der Waals surface area contributed by atoms with E-state index in [2.05, 4.69) is 20.4 Å². The molecule has 0 saturated heterocycles. The second-order valence-corrected chi connectivity index (χ2v) is 4.85. The summed E-state index contributed by atoms with van der Waals surface area (Å²) in [6.07, 6.45) is 4.57. The smallest absolute Gasteiger partial charge is 0.311 e. The predicted molar refractivity (Wildman–Crippen MR) is 83.7 cm³/mol. The molecule has 1 atom stereocenters. The van der Waals surface area contributed by atoms with Gasteiger partial charge in [0.1, 0.15) is 12.7 Å². The van der Waals surface area contributed by atoms with Gasteiger partial charge in [-0.1, -0.05) is 30.3 Å². The van der Waals surface area contributed by atoms with Crippen LogP contribution < -0.4 is 5.32 Å². The molecule has 2 heterocycles. The summed E-state index contributed by atoms with van der Waals surface area (Å²) >= 11 is 0. The summed E-state index contributed by atoms with van der Waals surface area (Å²) in [7, 11) is 0. The van der Waals surface area contributed by atoms with E-state index in [9.17, 15) is 10.1 Å². The van der Waals surface area contributed by atoms with Gasteiger partial charge in [-0.2, -0.15) is 5.10 Å². The third kappa shape index (κ3) is 3.49. The first-order valence-electron chi connectivity index (χ1n) is 6.97. The molecule has 1 N–H and O–H groups in total. The Hall–Kier alpha value is -3.29. The Kier molecular flexibility index (Phi) is 4.23. The van der Waals surface area contributed by atoms with Gasteiger partial charge in [0.25, 0.3) is 0 Å².